The number of aryl methyl sites for hydroxylation is 2. The number of methoxy groups -OCH3 is 1. The summed E-state index contributed by atoms with van der Waals surface area (Å²) in [4.78, 5) is 12.2. The fraction of sp³-hybridized carbons (Fsp3) is 0.286. The number of hydrogen-bond donors (Lipinski definition) is 0. The largest absolute Gasteiger partial charge is 0.497 e. The molecule has 5 heteroatoms. The standard InChI is InChI=1S/C14H15ClN2O2/c1-9-14(15)12(17(2)16-9)8-13(18)10-4-6-11(19-3)7-5-10/h4-7H,8H2,1-3H3. The lowest BCUT2D eigenvalue weighted by atomic mass is 10.1. The fourth-order valence-electron chi connectivity index (χ4n) is 1.90. The van der Waals surface area contributed by atoms with Crippen LogP contribution >= 0.6 is 11.6 Å². The van der Waals surface area contributed by atoms with Crippen LogP contribution in [0.2, 0.25) is 5.02 Å². The van der Waals surface area contributed by atoms with E-state index in [1.807, 2.05) is 6.92 Å². The van der Waals surface area contributed by atoms with E-state index in [4.69, 9.17) is 16.3 Å². The zero-order chi connectivity index (χ0) is 14.0. The minimum absolute atomic E-state index is 0.00699. The highest BCUT2D eigenvalue weighted by atomic mass is 35.5. The SMILES string of the molecule is COc1ccc(C(=O)Cc2c(Cl)c(C)nn2C)cc1. The Kier molecular flexibility index (Phi) is 3.90. The Morgan fingerprint density at radius 2 is 2.00 bits per heavy atom. The Morgan fingerprint density at radius 3 is 2.47 bits per heavy atom. The van der Waals surface area contributed by atoms with Crippen molar-refractivity contribution in [3.05, 3.63) is 46.2 Å². The molecule has 0 aliphatic carbocycles. The number of carbonyl (C=O) groups excluding carboxylic acids is 1. The molecule has 0 aliphatic rings. The second kappa shape index (κ2) is 5.45. The third-order valence-corrected chi connectivity index (χ3v) is 3.49. The highest BCUT2D eigenvalue weighted by Crippen LogP contribution is 2.21. The molecule has 0 spiro atoms. The molecule has 0 saturated carbocycles. The van der Waals surface area contributed by atoms with Crippen LogP contribution in [0.4, 0.5) is 0 Å². The lowest BCUT2D eigenvalue weighted by Gasteiger charge is -2.04. The van der Waals surface area contributed by atoms with Crippen LogP contribution in [-0.2, 0) is 13.5 Å². The van der Waals surface area contributed by atoms with E-state index in [-0.39, 0.29) is 12.2 Å². The van der Waals surface area contributed by atoms with Gasteiger partial charge in [-0.25, -0.2) is 0 Å². The predicted molar refractivity (Wildman–Crippen MR) is 74.0 cm³/mol. The smallest absolute Gasteiger partial charge is 0.168 e. The Morgan fingerprint density at radius 1 is 1.37 bits per heavy atom. The van der Waals surface area contributed by atoms with Crippen molar-refractivity contribution in [3.63, 3.8) is 0 Å². The maximum Gasteiger partial charge on any atom is 0.168 e. The summed E-state index contributed by atoms with van der Waals surface area (Å²) in [6, 6.07) is 7.03. The molecule has 0 radical (unpaired) electrons. The second-order valence-corrected chi connectivity index (χ2v) is 4.68. The van der Waals surface area contributed by atoms with Crippen molar-refractivity contribution < 1.29 is 9.53 Å². The number of nitrogens with zero attached hydrogens (tertiary/aromatic N) is 2. The Balaban J connectivity index is 2.20. The molecule has 2 aromatic rings. The van der Waals surface area contributed by atoms with Gasteiger partial charge in [0.15, 0.2) is 5.78 Å². The molecule has 1 heterocycles. The van der Waals surface area contributed by atoms with Crippen LogP contribution < -0.4 is 4.74 Å². The first kappa shape index (κ1) is 13.6. The number of rotatable bonds is 4. The molecule has 1 aromatic heterocycles. The Bertz CT molecular complexity index is 603. The van der Waals surface area contributed by atoms with Gasteiger partial charge in [0.2, 0.25) is 0 Å². The van der Waals surface area contributed by atoms with Gasteiger partial charge in [0, 0.05) is 12.6 Å². The molecule has 0 fully saturated rings. The summed E-state index contributed by atoms with van der Waals surface area (Å²) in [6.45, 7) is 1.82. The average Bonchev–Trinajstić information content (AvgIpc) is 2.65. The van der Waals surface area contributed by atoms with Crippen molar-refractivity contribution in [1.29, 1.82) is 0 Å². The molecular weight excluding hydrogens is 264 g/mol. The fourth-order valence-corrected chi connectivity index (χ4v) is 2.13. The summed E-state index contributed by atoms with van der Waals surface area (Å²) in [5.41, 5.74) is 2.11. The quantitative estimate of drug-likeness (QED) is 0.808. The van der Waals surface area contributed by atoms with Gasteiger partial charge in [-0.3, -0.25) is 9.48 Å². The zero-order valence-corrected chi connectivity index (χ0v) is 11.9. The zero-order valence-electron chi connectivity index (χ0n) is 11.1. The van der Waals surface area contributed by atoms with Gasteiger partial charge in [0.05, 0.1) is 29.9 Å². The molecule has 0 amide bonds. The van der Waals surface area contributed by atoms with Crippen LogP contribution in [0.1, 0.15) is 21.7 Å². The number of benzene rings is 1. The van der Waals surface area contributed by atoms with Crippen molar-refractivity contribution in [2.75, 3.05) is 7.11 Å². The topological polar surface area (TPSA) is 44.1 Å². The van der Waals surface area contributed by atoms with Gasteiger partial charge in [-0.15, -0.1) is 0 Å². The summed E-state index contributed by atoms with van der Waals surface area (Å²) < 4.78 is 6.71. The van der Waals surface area contributed by atoms with Crippen molar-refractivity contribution in [2.24, 2.45) is 7.05 Å². The van der Waals surface area contributed by atoms with E-state index >= 15 is 0 Å². The van der Waals surface area contributed by atoms with E-state index in [1.165, 1.54) is 0 Å². The number of ether oxygens (including phenoxy) is 1. The van der Waals surface area contributed by atoms with Crippen LogP contribution in [0.3, 0.4) is 0 Å². The summed E-state index contributed by atoms with van der Waals surface area (Å²) in [5.74, 6) is 0.735. The third-order valence-electron chi connectivity index (χ3n) is 3.00. The van der Waals surface area contributed by atoms with Gasteiger partial charge in [0.1, 0.15) is 5.75 Å². The van der Waals surface area contributed by atoms with Crippen LogP contribution in [0, 0.1) is 6.92 Å². The molecule has 0 N–H and O–H groups in total. The lowest BCUT2D eigenvalue weighted by Crippen LogP contribution is -2.08. The number of Topliss-reactive ketones (excluding diaryl/α,β-unsaturated/α-hetero) is 1. The van der Waals surface area contributed by atoms with E-state index in [9.17, 15) is 4.79 Å². The molecule has 1 aromatic carbocycles. The van der Waals surface area contributed by atoms with Crippen molar-refractivity contribution in [1.82, 2.24) is 9.78 Å². The molecular formula is C14H15ClN2O2. The van der Waals surface area contributed by atoms with E-state index < -0.39 is 0 Å². The molecule has 0 aliphatic heterocycles. The molecule has 19 heavy (non-hydrogen) atoms. The minimum Gasteiger partial charge on any atom is -0.497 e. The monoisotopic (exact) mass is 278 g/mol. The molecule has 0 unspecified atom stereocenters. The Labute approximate surface area is 116 Å². The minimum atomic E-state index is 0.00699. The van der Waals surface area contributed by atoms with Gasteiger partial charge in [-0.1, -0.05) is 11.6 Å². The first-order valence-electron chi connectivity index (χ1n) is 5.88. The normalized spacial score (nSPS) is 10.5. The predicted octanol–water partition coefficient (Wildman–Crippen LogP) is 2.82. The van der Waals surface area contributed by atoms with Gasteiger partial charge in [0.25, 0.3) is 0 Å². The van der Waals surface area contributed by atoms with Gasteiger partial charge >= 0.3 is 0 Å². The van der Waals surface area contributed by atoms with Gasteiger partial charge < -0.3 is 4.74 Å². The number of hydrogen-bond acceptors (Lipinski definition) is 3. The van der Waals surface area contributed by atoms with E-state index in [0.717, 1.165) is 17.1 Å². The van der Waals surface area contributed by atoms with E-state index in [2.05, 4.69) is 5.10 Å². The second-order valence-electron chi connectivity index (χ2n) is 4.30. The van der Waals surface area contributed by atoms with E-state index in [1.54, 1.807) is 43.1 Å². The average molecular weight is 279 g/mol. The summed E-state index contributed by atoms with van der Waals surface area (Å²) in [7, 11) is 3.38. The first-order chi connectivity index (χ1) is 9.02. The van der Waals surface area contributed by atoms with Crippen LogP contribution in [0.25, 0.3) is 0 Å². The lowest BCUT2D eigenvalue weighted by molar-refractivity contribution is 0.0990. The number of aromatic nitrogens is 2. The third kappa shape index (κ3) is 2.79. The van der Waals surface area contributed by atoms with Crippen molar-refractivity contribution >= 4 is 17.4 Å². The number of carbonyl (C=O) groups is 1. The summed E-state index contributed by atoms with van der Waals surface area (Å²) >= 11 is 6.14. The maximum absolute atomic E-state index is 12.2. The maximum atomic E-state index is 12.2. The van der Waals surface area contributed by atoms with Gasteiger partial charge in [-0.2, -0.15) is 5.10 Å². The number of ketones is 1. The highest BCUT2D eigenvalue weighted by molar-refractivity contribution is 6.32. The molecule has 0 atom stereocenters. The summed E-state index contributed by atoms with van der Waals surface area (Å²) in [6.07, 6.45) is 0.239. The van der Waals surface area contributed by atoms with Crippen molar-refractivity contribution in [2.45, 2.75) is 13.3 Å². The first-order valence-corrected chi connectivity index (χ1v) is 6.26. The van der Waals surface area contributed by atoms with E-state index in [0.29, 0.717) is 10.6 Å². The highest BCUT2D eigenvalue weighted by Gasteiger charge is 2.15. The van der Waals surface area contributed by atoms with Crippen molar-refractivity contribution in [3.8, 4) is 5.75 Å². The molecule has 0 bridgehead atoms. The van der Waals surface area contributed by atoms with Crippen LogP contribution in [0.15, 0.2) is 24.3 Å². The molecule has 100 valence electrons. The van der Waals surface area contributed by atoms with Crippen LogP contribution in [0.5, 0.6) is 5.75 Å². The molecule has 2 rings (SSSR count). The molecule has 4 nitrogen and oxygen atoms in total. The summed E-state index contributed by atoms with van der Waals surface area (Å²) in [5, 5.41) is 4.76. The van der Waals surface area contributed by atoms with Crippen LogP contribution in [-0.4, -0.2) is 22.7 Å². The number of halogens is 1. The van der Waals surface area contributed by atoms with Gasteiger partial charge in [-0.05, 0) is 31.2 Å². The Hall–Kier alpha value is -1.81. The molecule has 0 saturated heterocycles.